The molecule has 1 aromatic carbocycles. The van der Waals surface area contributed by atoms with Gasteiger partial charge in [-0.3, -0.25) is 4.99 Å². The summed E-state index contributed by atoms with van der Waals surface area (Å²) in [5.41, 5.74) is 4.10. The molecule has 0 unspecified atom stereocenters. The van der Waals surface area contributed by atoms with Crippen LogP contribution in [-0.2, 0) is 0 Å². The minimum Gasteiger partial charge on any atom is -0.406 e. The first kappa shape index (κ1) is 17.4. The molecule has 0 spiro atoms. The number of aliphatic imine (C=N–C) groups is 1. The van der Waals surface area contributed by atoms with E-state index in [-0.39, 0.29) is 0 Å². The van der Waals surface area contributed by atoms with Crippen molar-refractivity contribution in [3.8, 4) is 5.75 Å². The van der Waals surface area contributed by atoms with Gasteiger partial charge in [0.25, 0.3) is 0 Å². The van der Waals surface area contributed by atoms with Crippen LogP contribution >= 0.6 is 11.9 Å². The lowest BCUT2D eigenvalue weighted by Gasteiger charge is -2.16. The van der Waals surface area contributed by atoms with Crippen LogP contribution in [0, 0.1) is 0 Å². The number of benzene rings is 1. The van der Waals surface area contributed by atoms with Gasteiger partial charge in [-0.2, -0.15) is 0 Å². The molecule has 1 aliphatic heterocycles. The molecule has 4 nitrogen and oxygen atoms in total. The van der Waals surface area contributed by atoms with Crippen LogP contribution in [0.5, 0.6) is 5.75 Å². The van der Waals surface area contributed by atoms with Gasteiger partial charge in [-0.1, -0.05) is 24.1 Å². The van der Waals surface area contributed by atoms with Crippen molar-refractivity contribution in [1.82, 2.24) is 9.79 Å². The fraction of sp³-hybridized carbons (Fsp3) is 0.526. The van der Waals surface area contributed by atoms with Crippen molar-refractivity contribution >= 4 is 23.4 Å². The number of allylic oxidation sites excluding steroid dienone is 1. The molecule has 5 heteroatoms. The maximum atomic E-state index is 5.92. The molecule has 2 aliphatic rings. The van der Waals surface area contributed by atoms with E-state index in [4.69, 9.17) is 4.84 Å². The molecule has 0 aromatic heterocycles. The van der Waals surface area contributed by atoms with Crippen LogP contribution < -0.4 is 9.56 Å². The molecular weight excluding hydrogens is 318 g/mol. The zero-order valence-electron chi connectivity index (χ0n) is 14.7. The Kier molecular flexibility index (Phi) is 6.21. The summed E-state index contributed by atoms with van der Waals surface area (Å²) in [6.07, 6.45) is 7.95. The third kappa shape index (κ3) is 4.14. The fourth-order valence-electron chi connectivity index (χ4n) is 3.41. The average Bonchev–Trinajstić information content (AvgIpc) is 3.27. The molecular formula is C19H27N3OS. The van der Waals surface area contributed by atoms with Crippen molar-refractivity contribution in [3.63, 3.8) is 0 Å². The maximum absolute atomic E-state index is 5.92. The SMILES string of the molecule is CCN=C(NSC)C1=C(c2ccc(ON3CCCC3)cc2)CCC1. The number of hydrogen-bond acceptors (Lipinski definition) is 4. The first-order chi connectivity index (χ1) is 11.8. The summed E-state index contributed by atoms with van der Waals surface area (Å²) in [5, 5.41) is 2.06. The van der Waals surface area contributed by atoms with E-state index >= 15 is 0 Å². The van der Waals surface area contributed by atoms with Crippen molar-refractivity contribution in [2.45, 2.75) is 39.0 Å². The summed E-state index contributed by atoms with van der Waals surface area (Å²) in [4.78, 5) is 10.6. The highest BCUT2D eigenvalue weighted by molar-refractivity contribution is 7.97. The molecule has 0 radical (unpaired) electrons. The van der Waals surface area contributed by atoms with Crippen LogP contribution in [0.3, 0.4) is 0 Å². The van der Waals surface area contributed by atoms with Crippen LogP contribution in [0.2, 0.25) is 0 Å². The molecule has 1 aliphatic carbocycles. The molecule has 1 saturated heterocycles. The lowest BCUT2D eigenvalue weighted by atomic mass is 10.0. The van der Waals surface area contributed by atoms with Crippen molar-refractivity contribution in [3.05, 3.63) is 35.4 Å². The predicted molar refractivity (Wildman–Crippen MR) is 103 cm³/mol. The van der Waals surface area contributed by atoms with E-state index in [0.29, 0.717) is 0 Å². The topological polar surface area (TPSA) is 36.9 Å². The number of amidine groups is 1. The van der Waals surface area contributed by atoms with Gasteiger partial charge in [0.1, 0.15) is 11.6 Å². The zero-order chi connectivity index (χ0) is 16.8. The van der Waals surface area contributed by atoms with Crippen molar-refractivity contribution in [1.29, 1.82) is 0 Å². The average molecular weight is 346 g/mol. The van der Waals surface area contributed by atoms with E-state index in [1.54, 1.807) is 11.9 Å². The van der Waals surface area contributed by atoms with E-state index in [1.807, 2.05) is 6.26 Å². The Morgan fingerprint density at radius 1 is 1.17 bits per heavy atom. The Labute approximate surface area is 149 Å². The summed E-state index contributed by atoms with van der Waals surface area (Å²) in [6, 6.07) is 8.56. The molecule has 1 N–H and O–H groups in total. The molecule has 0 bridgehead atoms. The molecule has 1 aromatic rings. The van der Waals surface area contributed by atoms with Crippen LogP contribution in [0.25, 0.3) is 5.57 Å². The van der Waals surface area contributed by atoms with Crippen molar-refractivity contribution in [2.75, 3.05) is 25.9 Å². The highest BCUT2D eigenvalue weighted by atomic mass is 32.2. The number of hydrogen-bond donors (Lipinski definition) is 1. The third-order valence-corrected chi connectivity index (χ3v) is 4.92. The van der Waals surface area contributed by atoms with E-state index in [1.165, 1.54) is 36.0 Å². The molecule has 3 rings (SSSR count). The summed E-state index contributed by atoms with van der Waals surface area (Å²) in [5.74, 6) is 1.99. The lowest BCUT2D eigenvalue weighted by molar-refractivity contribution is -0.0346. The Morgan fingerprint density at radius 2 is 1.92 bits per heavy atom. The second kappa shape index (κ2) is 8.58. The highest BCUT2D eigenvalue weighted by Gasteiger charge is 2.20. The summed E-state index contributed by atoms with van der Waals surface area (Å²) in [6.45, 7) is 4.96. The number of hydroxylamine groups is 2. The predicted octanol–water partition coefficient (Wildman–Crippen LogP) is 4.30. The normalized spacial score (nSPS) is 19.2. The number of nitrogens with one attached hydrogen (secondary N) is 1. The fourth-order valence-corrected chi connectivity index (χ4v) is 3.79. The quantitative estimate of drug-likeness (QED) is 0.474. The minimum atomic E-state index is 0.808. The molecule has 1 fully saturated rings. The van der Waals surface area contributed by atoms with Gasteiger partial charge < -0.3 is 9.56 Å². The van der Waals surface area contributed by atoms with E-state index in [0.717, 1.165) is 44.1 Å². The second-order valence-electron chi connectivity index (χ2n) is 6.19. The van der Waals surface area contributed by atoms with Crippen LogP contribution in [0.1, 0.15) is 44.6 Å². The van der Waals surface area contributed by atoms with Gasteiger partial charge in [-0.15, -0.1) is 5.06 Å². The van der Waals surface area contributed by atoms with E-state index in [2.05, 4.69) is 46.0 Å². The largest absolute Gasteiger partial charge is 0.406 e. The van der Waals surface area contributed by atoms with Crippen LogP contribution in [-0.4, -0.2) is 36.8 Å². The van der Waals surface area contributed by atoms with Gasteiger partial charge in [-0.25, -0.2) is 0 Å². The molecule has 0 amide bonds. The van der Waals surface area contributed by atoms with Gasteiger partial charge in [0.2, 0.25) is 0 Å². The highest BCUT2D eigenvalue weighted by Crippen LogP contribution is 2.35. The lowest BCUT2D eigenvalue weighted by Crippen LogP contribution is -2.23. The van der Waals surface area contributed by atoms with Crippen molar-refractivity contribution in [2.24, 2.45) is 4.99 Å². The smallest absolute Gasteiger partial charge is 0.147 e. The maximum Gasteiger partial charge on any atom is 0.147 e. The molecule has 0 atom stereocenters. The van der Waals surface area contributed by atoms with E-state index in [9.17, 15) is 0 Å². The van der Waals surface area contributed by atoms with Crippen LogP contribution in [0.15, 0.2) is 34.8 Å². The van der Waals surface area contributed by atoms with Gasteiger partial charge in [0.05, 0.1) is 0 Å². The standard InChI is InChI=1S/C19H27N3OS/c1-3-20-19(21-24-2)18-8-6-7-17(18)15-9-11-16(12-10-15)23-22-13-4-5-14-22/h9-12H,3-8,13-14H2,1-2H3,(H,20,21). The minimum absolute atomic E-state index is 0.808. The molecule has 1 heterocycles. The zero-order valence-corrected chi connectivity index (χ0v) is 15.5. The Hall–Kier alpha value is -1.46. The second-order valence-corrected chi connectivity index (χ2v) is 6.80. The molecule has 24 heavy (non-hydrogen) atoms. The summed E-state index contributed by atoms with van der Waals surface area (Å²) >= 11 is 1.61. The van der Waals surface area contributed by atoms with Gasteiger partial charge in [0.15, 0.2) is 0 Å². The first-order valence-corrected chi connectivity index (χ1v) is 10.1. The van der Waals surface area contributed by atoms with Gasteiger partial charge >= 0.3 is 0 Å². The van der Waals surface area contributed by atoms with Gasteiger partial charge in [-0.05, 0) is 67.9 Å². The van der Waals surface area contributed by atoms with Crippen molar-refractivity contribution < 1.29 is 4.84 Å². The van der Waals surface area contributed by atoms with Crippen LogP contribution in [0.4, 0.5) is 0 Å². The summed E-state index contributed by atoms with van der Waals surface area (Å²) < 4.78 is 3.36. The Bertz CT molecular complexity index is 604. The Morgan fingerprint density at radius 3 is 2.58 bits per heavy atom. The van der Waals surface area contributed by atoms with Gasteiger partial charge in [0, 0.05) is 25.9 Å². The monoisotopic (exact) mass is 345 g/mol. The number of rotatable bonds is 6. The summed E-state index contributed by atoms with van der Waals surface area (Å²) in [7, 11) is 0. The molecule has 0 saturated carbocycles. The molecule has 130 valence electrons. The number of nitrogens with zero attached hydrogens (tertiary/aromatic N) is 2. The third-order valence-electron chi connectivity index (χ3n) is 4.52. The van der Waals surface area contributed by atoms with E-state index < -0.39 is 0 Å². The first-order valence-electron chi connectivity index (χ1n) is 8.91. The Balaban J connectivity index is 1.78.